The molecule has 0 atom stereocenters. The molecule has 2 aliphatic rings. The van der Waals surface area contributed by atoms with Crippen LogP contribution in [-0.2, 0) is 4.79 Å². The Hall–Kier alpha value is -0.330. The van der Waals surface area contributed by atoms with E-state index in [2.05, 4.69) is 0 Å². The third kappa shape index (κ3) is 2.32. The third-order valence-electron chi connectivity index (χ3n) is 3.78. The van der Waals surface area contributed by atoms with Crippen molar-refractivity contribution in [2.75, 3.05) is 0 Å². The Bertz CT molecular complexity index is 176. The molecule has 0 saturated heterocycles. The van der Waals surface area contributed by atoms with Crippen molar-refractivity contribution in [3.8, 4) is 0 Å². The van der Waals surface area contributed by atoms with Crippen molar-refractivity contribution in [1.82, 2.24) is 0 Å². The van der Waals surface area contributed by atoms with Crippen LogP contribution in [0.1, 0.15) is 57.8 Å². The zero-order valence-corrected chi connectivity index (χ0v) is 8.43. The molecule has 0 unspecified atom stereocenters. The normalized spacial score (nSPS) is 25.5. The summed E-state index contributed by atoms with van der Waals surface area (Å²) in [6.45, 7) is 0. The molecule has 0 aromatic carbocycles. The quantitative estimate of drug-likeness (QED) is 0.651. The number of hydrogen-bond acceptors (Lipinski definition) is 1. The Kier molecular flexibility index (Phi) is 3.02. The van der Waals surface area contributed by atoms with E-state index in [-0.39, 0.29) is 0 Å². The van der Waals surface area contributed by atoms with Crippen LogP contribution in [0.2, 0.25) is 0 Å². The van der Waals surface area contributed by atoms with Crippen LogP contribution in [-0.4, -0.2) is 5.78 Å². The average molecular weight is 180 g/mol. The molecule has 0 radical (unpaired) electrons. The van der Waals surface area contributed by atoms with Crippen molar-refractivity contribution in [3.63, 3.8) is 0 Å². The summed E-state index contributed by atoms with van der Waals surface area (Å²) in [7, 11) is 0. The molecule has 0 aliphatic heterocycles. The highest BCUT2D eigenvalue weighted by Crippen LogP contribution is 2.32. The topological polar surface area (TPSA) is 17.1 Å². The van der Waals surface area contributed by atoms with E-state index in [1.165, 1.54) is 51.4 Å². The van der Waals surface area contributed by atoms with E-state index in [0.29, 0.717) is 11.7 Å². The first-order valence-electron chi connectivity index (χ1n) is 5.89. The first-order chi connectivity index (χ1) is 6.36. The summed E-state index contributed by atoms with van der Waals surface area (Å²) in [6.07, 6.45) is 11.3. The van der Waals surface area contributed by atoms with Crippen molar-refractivity contribution >= 4 is 5.78 Å². The summed E-state index contributed by atoms with van der Waals surface area (Å²) in [5.74, 6) is 1.81. The van der Waals surface area contributed by atoms with Gasteiger partial charge in [-0.1, -0.05) is 38.5 Å². The average Bonchev–Trinajstić information content (AvgIpc) is 2.02. The largest absolute Gasteiger partial charge is 0.299 e. The van der Waals surface area contributed by atoms with Gasteiger partial charge in [-0.2, -0.15) is 0 Å². The molecule has 0 amide bonds. The van der Waals surface area contributed by atoms with Gasteiger partial charge in [0, 0.05) is 12.3 Å². The fourth-order valence-electron chi connectivity index (χ4n) is 2.57. The SMILES string of the molecule is O=C(CC1CCCCC1)C1CCC1. The minimum Gasteiger partial charge on any atom is -0.299 e. The second-order valence-corrected chi connectivity index (χ2v) is 4.80. The summed E-state index contributed by atoms with van der Waals surface area (Å²) in [4.78, 5) is 11.7. The van der Waals surface area contributed by atoms with E-state index < -0.39 is 0 Å². The number of hydrogen-bond donors (Lipinski definition) is 0. The summed E-state index contributed by atoms with van der Waals surface area (Å²) < 4.78 is 0. The summed E-state index contributed by atoms with van der Waals surface area (Å²) in [5, 5.41) is 0. The lowest BCUT2D eigenvalue weighted by Gasteiger charge is -2.27. The van der Waals surface area contributed by atoms with Crippen molar-refractivity contribution in [2.24, 2.45) is 11.8 Å². The summed E-state index contributed by atoms with van der Waals surface area (Å²) in [6, 6.07) is 0. The zero-order chi connectivity index (χ0) is 9.10. The highest BCUT2D eigenvalue weighted by molar-refractivity contribution is 5.81. The zero-order valence-electron chi connectivity index (χ0n) is 8.43. The molecule has 2 fully saturated rings. The molecule has 13 heavy (non-hydrogen) atoms. The van der Waals surface area contributed by atoms with E-state index in [4.69, 9.17) is 0 Å². The van der Waals surface area contributed by atoms with Crippen LogP contribution in [0.25, 0.3) is 0 Å². The molecule has 0 bridgehead atoms. The van der Waals surface area contributed by atoms with E-state index in [0.717, 1.165) is 12.3 Å². The maximum atomic E-state index is 11.7. The Balaban J connectivity index is 1.72. The van der Waals surface area contributed by atoms with Crippen LogP contribution in [0, 0.1) is 11.8 Å². The molecule has 2 rings (SSSR count). The van der Waals surface area contributed by atoms with Crippen molar-refractivity contribution in [2.45, 2.75) is 57.8 Å². The molecular weight excluding hydrogens is 160 g/mol. The second-order valence-electron chi connectivity index (χ2n) is 4.80. The molecule has 0 aromatic heterocycles. The van der Waals surface area contributed by atoms with Gasteiger partial charge in [-0.3, -0.25) is 4.79 Å². The minimum absolute atomic E-state index is 0.474. The van der Waals surface area contributed by atoms with Crippen LogP contribution in [0.5, 0.6) is 0 Å². The van der Waals surface area contributed by atoms with Crippen LogP contribution < -0.4 is 0 Å². The fourth-order valence-corrected chi connectivity index (χ4v) is 2.57. The Morgan fingerprint density at radius 3 is 2.15 bits per heavy atom. The second kappa shape index (κ2) is 4.26. The number of carbonyl (C=O) groups excluding carboxylic acids is 1. The molecule has 0 heterocycles. The molecule has 74 valence electrons. The molecule has 2 aliphatic carbocycles. The Labute approximate surface area is 80.9 Å². The van der Waals surface area contributed by atoms with E-state index >= 15 is 0 Å². The lowest BCUT2D eigenvalue weighted by Crippen LogP contribution is -2.24. The molecule has 0 aromatic rings. The number of ketones is 1. The molecule has 1 heteroatoms. The summed E-state index contributed by atoms with van der Waals surface area (Å²) in [5.41, 5.74) is 0. The third-order valence-corrected chi connectivity index (χ3v) is 3.78. The minimum atomic E-state index is 0.474. The smallest absolute Gasteiger partial charge is 0.136 e. The van der Waals surface area contributed by atoms with Crippen molar-refractivity contribution in [1.29, 1.82) is 0 Å². The maximum absolute atomic E-state index is 11.7. The standard InChI is InChI=1S/C12H20O/c13-12(11-7-4-8-11)9-10-5-2-1-3-6-10/h10-11H,1-9H2. The van der Waals surface area contributed by atoms with E-state index in [1.807, 2.05) is 0 Å². The summed E-state index contributed by atoms with van der Waals surface area (Å²) >= 11 is 0. The van der Waals surface area contributed by atoms with Gasteiger partial charge in [-0.25, -0.2) is 0 Å². The number of rotatable bonds is 3. The van der Waals surface area contributed by atoms with Gasteiger partial charge in [0.2, 0.25) is 0 Å². The lowest BCUT2D eigenvalue weighted by molar-refractivity contribution is -0.126. The Morgan fingerprint density at radius 2 is 1.62 bits per heavy atom. The first kappa shape index (κ1) is 9.23. The number of carbonyl (C=O) groups is 1. The molecular formula is C12H20O. The van der Waals surface area contributed by atoms with E-state index in [1.54, 1.807) is 0 Å². The van der Waals surface area contributed by atoms with Gasteiger partial charge in [-0.15, -0.1) is 0 Å². The lowest BCUT2D eigenvalue weighted by atomic mass is 9.77. The highest BCUT2D eigenvalue weighted by Gasteiger charge is 2.27. The van der Waals surface area contributed by atoms with Crippen LogP contribution in [0.15, 0.2) is 0 Å². The molecule has 0 N–H and O–H groups in total. The van der Waals surface area contributed by atoms with Crippen LogP contribution in [0.4, 0.5) is 0 Å². The maximum Gasteiger partial charge on any atom is 0.136 e. The highest BCUT2D eigenvalue weighted by atomic mass is 16.1. The predicted molar refractivity (Wildman–Crippen MR) is 53.5 cm³/mol. The van der Waals surface area contributed by atoms with Gasteiger partial charge < -0.3 is 0 Å². The number of Topliss-reactive ketones (excluding diaryl/α,β-unsaturated/α-hetero) is 1. The molecule has 2 saturated carbocycles. The van der Waals surface area contributed by atoms with Crippen molar-refractivity contribution < 1.29 is 4.79 Å². The first-order valence-corrected chi connectivity index (χ1v) is 5.89. The Morgan fingerprint density at radius 1 is 0.923 bits per heavy atom. The van der Waals surface area contributed by atoms with Gasteiger partial charge in [0.15, 0.2) is 0 Å². The van der Waals surface area contributed by atoms with Gasteiger partial charge in [-0.05, 0) is 18.8 Å². The predicted octanol–water partition coefficient (Wildman–Crippen LogP) is 3.33. The monoisotopic (exact) mass is 180 g/mol. The van der Waals surface area contributed by atoms with Crippen LogP contribution >= 0.6 is 0 Å². The fraction of sp³-hybridized carbons (Fsp3) is 0.917. The van der Waals surface area contributed by atoms with Gasteiger partial charge in [0.05, 0.1) is 0 Å². The van der Waals surface area contributed by atoms with Crippen molar-refractivity contribution in [3.05, 3.63) is 0 Å². The van der Waals surface area contributed by atoms with Gasteiger partial charge in [0.1, 0.15) is 5.78 Å². The molecule has 0 spiro atoms. The van der Waals surface area contributed by atoms with Gasteiger partial charge in [0.25, 0.3) is 0 Å². The van der Waals surface area contributed by atoms with Crippen LogP contribution in [0.3, 0.4) is 0 Å². The van der Waals surface area contributed by atoms with Gasteiger partial charge >= 0.3 is 0 Å². The molecule has 1 nitrogen and oxygen atoms in total. The van der Waals surface area contributed by atoms with E-state index in [9.17, 15) is 4.79 Å².